The lowest BCUT2D eigenvalue weighted by Crippen LogP contribution is -2.50. The average molecular weight is 218 g/mol. The maximum Gasteiger partial charge on any atom is 0.326 e. The summed E-state index contributed by atoms with van der Waals surface area (Å²) in [6.07, 6.45) is -0.847. The first kappa shape index (κ1) is 11.9. The Labute approximate surface area is 86.1 Å². The second kappa shape index (κ2) is 4.56. The SMILES string of the molecule is N[C@@H](CO)C(=O)N1C[C@@H](O)C[C@@H]1C(=O)O. The monoisotopic (exact) mass is 218 g/mol. The van der Waals surface area contributed by atoms with Gasteiger partial charge in [0.1, 0.15) is 12.1 Å². The third-order valence-electron chi connectivity index (χ3n) is 2.36. The third kappa shape index (κ3) is 2.44. The van der Waals surface area contributed by atoms with Gasteiger partial charge >= 0.3 is 5.97 Å². The Kier molecular flexibility index (Phi) is 3.61. The van der Waals surface area contributed by atoms with Crippen molar-refractivity contribution in [3.05, 3.63) is 0 Å². The van der Waals surface area contributed by atoms with Gasteiger partial charge < -0.3 is 26.0 Å². The van der Waals surface area contributed by atoms with E-state index in [0.29, 0.717) is 0 Å². The van der Waals surface area contributed by atoms with Crippen molar-refractivity contribution < 1.29 is 24.9 Å². The number of aliphatic carboxylic acids is 1. The molecule has 0 aromatic carbocycles. The van der Waals surface area contributed by atoms with Crippen molar-refractivity contribution in [2.24, 2.45) is 5.73 Å². The first-order valence-electron chi connectivity index (χ1n) is 4.55. The van der Waals surface area contributed by atoms with Crippen LogP contribution in [0, 0.1) is 0 Å². The Balaban J connectivity index is 2.75. The van der Waals surface area contributed by atoms with Crippen LogP contribution in [0.5, 0.6) is 0 Å². The van der Waals surface area contributed by atoms with Crippen molar-refractivity contribution in [1.29, 1.82) is 0 Å². The Bertz CT molecular complexity index is 270. The molecule has 5 N–H and O–H groups in total. The van der Waals surface area contributed by atoms with Crippen LogP contribution in [0.4, 0.5) is 0 Å². The molecule has 1 saturated heterocycles. The van der Waals surface area contributed by atoms with E-state index in [0.717, 1.165) is 4.90 Å². The molecule has 0 saturated carbocycles. The molecule has 3 atom stereocenters. The first-order valence-corrected chi connectivity index (χ1v) is 4.55. The standard InChI is InChI=1S/C8H14N2O5/c9-5(3-11)7(13)10-2-4(12)1-6(10)8(14)15/h4-6,11-12H,1-3,9H2,(H,14,15)/t4-,5-,6+/m0/s1. The quantitative estimate of drug-likeness (QED) is 0.410. The van der Waals surface area contributed by atoms with E-state index < -0.39 is 36.7 Å². The number of carboxylic acid groups (broad SMARTS) is 1. The van der Waals surface area contributed by atoms with Gasteiger partial charge in [0.05, 0.1) is 12.7 Å². The zero-order valence-corrected chi connectivity index (χ0v) is 8.04. The van der Waals surface area contributed by atoms with E-state index in [1.54, 1.807) is 0 Å². The fraction of sp³-hybridized carbons (Fsp3) is 0.750. The van der Waals surface area contributed by atoms with Gasteiger partial charge in [-0.05, 0) is 0 Å². The molecule has 0 bridgehead atoms. The summed E-state index contributed by atoms with van der Waals surface area (Å²) in [5.74, 6) is -1.83. The van der Waals surface area contributed by atoms with Crippen LogP contribution in [-0.2, 0) is 9.59 Å². The smallest absolute Gasteiger partial charge is 0.326 e. The molecule has 0 aromatic rings. The van der Waals surface area contributed by atoms with Crippen LogP contribution in [-0.4, -0.2) is 63.4 Å². The molecule has 0 radical (unpaired) electrons. The highest BCUT2D eigenvalue weighted by Gasteiger charge is 2.40. The molecule has 1 aliphatic heterocycles. The number of nitrogens with two attached hydrogens (primary N) is 1. The Hall–Kier alpha value is -1.18. The van der Waals surface area contributed by atoms with E-state index >= 15 is 0 Å². The summed E-state index contributed by atoms with van der Waals surface area (Å²) in [7, 11) is 0. The molecule has 0 spiro atoms. The van der Waals surface area contributed by atoms with Crippen molar-refractivity contribution in [2.75, 3.05) is 13.2 Å². The van der Waals surface area contributed by atoms with E-state index in [4.69, 9.17) is 15.9 Å². The summed E-state index contributed by atoms with van der Waals surface area (Å²) >= 11 is 0. The molecule has 1 aliphatic rings. The lowest BCUT2D eigenvalue weighted by atomic mass is 10.2. The number of carbonyl (C=O) groups excluding carboxylic acids is 1. The van der Waals surface area contributed by atoms with Crippen LogP contribution in [0.25, 0.3) is 0 Å². The molecule has 0 aliphatic carbocycles. The van der Waals surface area contributed by atoms with Crippen molar-refractivity contribution in [2.45, 2.75) is 24.6 Å². The van der Waals surface area contributed by atoms with Gasteiger partial charge in [0.25, 0.3) is 0 Å². The minimum atomic E-state index is -1.18. The summed E-state index contributed by atoms with van der Waals surface area (Å²) in [4.78, 5) is 23.3. The lowest BCUT2D eigenvalue weighted by Gasteiger charge is -2.23. The number of aliphatic hydroxyl groups is 2. The molecular formula is C8H14N2O5. The largest absolute Gasteiger partial charge is 0.480 e. The number of likely N-dealkylation sites (tertiary alicyclic amines) is 1. The third-order valence-corrected chi connectivity index (χ3v) is 2.36. The zero-order chi connectivity index (χ0) is 11.6. The van der Waals surface area contributed by atoms with Crippen molar-refractivity contribution in [1.82, 2.24) is 4.90 Å². The summed E-state index contributed by atoms with van der Waals surface area (Å²) in [6, 6.07) is -2.18. The zero-order valence-electron chi connectivity index (χ0n) is 8.04. The normalized spacial score (nSPS) is 27.8. The van der Waals surface area contributed by atoms with Crippen LogP contribution >= 0.6 is 0 Å². The molecule has 1 rings (SSSR count). The minimum Gasteiger partial charge on any atom is -0.480 e. The molecule has 7 heteroatoms. The topological polar surface area (TPSA) is 124 Å². The summed E-state index contributed by atoms with van der Waals surface area (Å²) < 4.78 is 0. The van der Waals surface area contributed by atoms with Crippen LogP contribution < -0.4 is 5.73 Å². The number of β-amino-alcohol motifs (C(OH)–C–C–N with tert-alkyl or cyclic N) is 1. The Morgan fingerprint density at radius 2 is 2.13 bits per heavy atom. The molecule has 0 aromatic heterocycles. The number of aliphatic hydroxyl groups excluding tert-OH is 2. The minimum absolute atomic E-state index is 0.000772. The molecular weight excluding hydrogens is 204 g/mol. The fourth-order valence-electron chi connectivity index (χ4n) is 1.58. The summed E-state index contributed by atoms with van der Waals surface area (Å²) in [6.45, 7) is -0.596. The number of carboxylic acids is 1. The number of amides is 1. The highest BCUT2D eigenvalue weighted by atomic mass is 16.4. The van der Waals surface area contributed by atoms with Gasteiger partial charge in [-0.3, -0.25) is 4.79 Å². The lowest BCUT2D eigenvalue weighted by molar-refractivity contribution is -0.149. The molecule has 86 valence electrons. The Morgan fingerprint density at radius 1 is 1.53 bits per heavy atom. The van der Waals surface area contributed by atoms with Gasteiger partial charge in [-0.2, -0.15) is 0 Å². The molecule has 15 heavy (non-hydrogen) atoms. The van der Waals surface area contributed by atoms with Crippen LogP contribution in [0.2, 0.25) is 0 Å². The highest BCUT2D eigenvalue weighted by molar-refractivity contribution is 5.87. The highest BCUT2D eigenvalue weighted by Crippen LogP contribution is 2.18. The maximum absolute atomic E-state index is 11.5. The molecule has 1 amide bonds. The van der Waals surface area contributed by atoms with E-state index in [1.165, 1.54) is 0 Å². The van der Waals surface area contributed by atoms with Gasteiger partial charge in [0, 0.05) is 13.0 Å². The number of rotatable bonds is 3. The summed E-state index contributed by atoms with van der Waals surface area (Å²) in [5.41, 5.74) is 5.29. The van der Waals surface area contributed by atoms with Crippen LogP contribution in [0.3, 0.4) is 0 Å². The van der Waals surface area contributed by atoms with Gasteiger partial charge in [-0.15, -0.1) is 0 Å². The second-order valence-electron chi connectivity index (χ2n) is 3.52. The average Bonchev–Trinajstić information content (AvgIpc) is 2.58. The van der Waals surface area contributed by atoms with Gasteiger partial charge in [-0.1, -0.05) is 0 Å². The summed E-state index contributed by atoms with van der Waals surface area (Å²) in [5, 5.41) is 26.7. The van der Waals surface area contributed by atoms with Gasteiger partial charge in [0.15, 0.2) is 0 Å². The van der Waals surface area contributed by atoms with Crippen molar-refractivity contribution in [3.8, 4) is 0 Å². The molecule has 7 nitrogen and oxygen atoms in total. The van der Waals surface area contributed by atoms with Crippen LogP contribution in [0.15, 0.2) is 0 Å². The number of carbonyl (C=O) groups is 2. The fourth-order valence-corrected chi connectivity index (χ4v) is 1.58. The van der Waals surface area contributed by atoms with E-state index in [1.807, 2.05) is 0 Å². The van der Waals surface area contributed by atoms with Crippen molar-refractivity contribution >= 4 is 11.9 Å². The number of hydrogen-bond donors (Lipinski definition) is 4. The molecule has 1 fully saturated rings. The van der Waals surface area contributed by atoms with E-state index in [-0.39, 0.29) is 13.0 Å². The molecule has 1 heterocycles. The predicted molar refractivity (Wildman–Crippen MR) is 48.8 cm³/mol. The van der Waals surface area contributed by atoms with Gasteiger partial charge in [0.2, 0.25) is 5.91 Å². The van der Waals surface area contributed by atoms with Gasteiger partial charge in [-0.25, -0.2) is 4.79 Å². The maximum atomic E-state index is 11.5. The van der Waals surface area contributed by atoms with Crippen LogP contribution in [0.1, 0.15) is 6.42 Å². The Morgan fingerprint density at radius 3 is 2.60 bits per heavy atom. The number of hydrogen-bond acceptors (Lipinski definition) is 5. The van der Waals surface area contributed by atoms with Crippen molar-refractivity contribution in [3.63, 3.8) is 0 Å². The predicted octanol–water partition coefficient (Wildman–Crippen LogP) is -2.65. The molecule has 0 unspecified atom stereocenters. The first-order chi connectivity index (χ1) is 6.97. The van der Waals surface area contributed by atoms with E-state index in [2.05, 4.69) is 0 Å². The van der Waals surface area contributed by atoms with E-state index in [9.17, 15) is 14.7 Å². The second-order valence-corrected chi connectivity index (χ2v) is 3.52. The number of nitrogens with zero attached hydrogens (tertiary/aromatic N) is 1.